The normalized spacial score (nSPS) is 17.5. The summed E-state index contributed by atoms with van der Waals surface area (Å²) < 4.78 is 4.08. The summed E-state index contributed by atoms with van der Waals surface area (Å²) in [6.45, 7) is 0. The van der Waals surface area contributed by atoms with Gasteiger partial charge in [-0.3, -0.25) is 9.59 Å². The Labute approximate surface area is 51.0 Å². The Kier molecular flexibility index (Phi) is 2.40. The first kappa shape index (κ1) is 7.36. The monoisotopic (exact) mass is 132 g/mol. The van der Waals surface area contributed by atoms with Crippen LogP contribution in [0.3, 0.4) is 0 Å². The molecule has 0 amide bonds. The van der Waals surface area contributed by atoms with Crippen molar-refractivity contribution in [3.05, 3.63) is 0 Å². The van der Waals surface area contributed by atoms with Crippen LogP contribution in [0.1, 0.15) is 12.8 Å². The van der Waals surface area contributed by atoms with Crippen LogP contribution >= 0.6 is 0 Å². The predicted molar refractivity (Wildman–Crippen MR) is 31.7 cm³/mol. The van der Waals surface area contributed by atoms with Crippen molar-refractivity contribution >= 4 is 22.9 Å². The summed E-state index contributed by atoms with van der Waals surface area (Å²) in [5, 5.41) is 0. The molecule has 0 aromatic carbocycles. The Balaban J connectivity index is 0.000000490. The zero-order valence-corrected chi connectivity index (χ0v) is 3.64. The maximum absolute atomic E-state index is 10.0. The standard InChI is InChI=1S/C4H4O3.H4Si/c5-3-1-2-4(6)7-3;/h1-2H2;1H4. The molecular weight excluding hydrogens is 124 g/mol. The first-order valence-corrected chi connectivity index (χ1v) is 2.02. The van der Waals surface area contributed by atoms with Gasteiger partial charge in [0.25, 0.3) is 0 Å². The summed E-state index contributed by atoms with van der Waals surface area (Å²) in [6, 6.07) is 0. The molecule has 0 aromatic rings. The second-order valence-corrected chi connectivity index (χ2v) is 1.35. The minimum atomic E-state index is -0.398. The molecule has 1 aliphatic rings. The molecule has 0 unspecified atom stereocenters. The van der Waals surface area contributed by atoms with E-state index in [1.165, 1.54) is 0 Å². The van der Waals surface area contributed by atoms with Crippen molar-refractivity contribution in [2.75, 3.05) is 0 Å². The molecule has 1 rings (SSSR count). The van der Waals surface area contributed by atoms with Gasteiger partial charge in [0, 0.05) is 0 Å². The second kappa shape index (κ2) is 2.61. The van der Waals surface area contributed by atoms with Gasteiger partial charge in [0.2, 0.25) is 0 Å². The fraction of sp³-hybridized carbons (Fsp3) is 0.500. The molecule has 0 radical (unpaired) electrons. The summed E-state index contributed by atoms with van der Waals surface area (Å²) in [6.07, 6.45) is 0.525. The van der Waals surface area contributed by atoms with Crippen LogP contribution in [0.2, 0.25) is 0 Å². The summed E-state index contributed by atoms with van der Waals surface area (Å²) in [4.78, 5) is 20.0. The van der Waals surface area contributed by atoms with E-state index in [1.807, 2.05) is 0 Å². The van der Waals surface area contributed by atoms with E-state index >= 15 is 0 Å². The first-order valence-electron chi connectivity index (χ1n) is 2.02. The molecule has 1 heterocycles. The zero-order chi connectivity index (χ0) is 5.28. The van der Waals surface area contributed by atoms with Gasteiger partial charge in [0.1, 0.15) is 0 Å². The quantitative estimate of drug-likeness (QED) is 0.226. The Morgan fingerprint density at radius 3 is 1.62 bits per heavy atom. The molecular formula is C4H8O3Si. The minimum Gasteiger partial charge on any atom is -0.393 e. The molecule has 1 saturated heterocycles. The third-order valence-corrected chi connectivity index (χ3v) is 0.761. The molecule has 0 spiro atoms. The van der Waals surface area contributed by atoms with Crippen LogP contribution in [0.25, 0.3) is 0 Å². The SMILES string of the molecule is O=C1CCC(=O)O1.[SiH4]. The van der Waals surface area contributed by atoms with Crippen molar-refractivity contribution in [3.8, 4) is 0 Å². The van der Waals surface area contributed by atoms with Crippen molar-refractivity contribution in [2.45, 2.75) is 12.8 Å². The van der Waals surface area contributed by atoms with Crippen molar-refractivity contribution in [1.29, 1.82) is 0 Å². The number of carbonyl (C=O) groups is 2. The highest BCUT2D eigenvalue weighted by molar-refractivity contribution is 5.92. The maximum Gasteiger partial charge on any atom is 0.314 e. The highest BCUT2D eigenvalue weighted by Crippen LogP contribution is 2.03. The van der Waals surface area contributed by atoms with E-state index in [1.54, 1.807) is 0 Å². The fourth-order valence-corrected chi connectivity index (χ4v) is 0.433. The molecule has 0 aromatic heterocycles. The molecule has 3 nitrogen and oxygen atoms in total. The topological polar surface area (TPSA) is 43.4 Å². The van der Waals surface area contributed by atoms with E-state index < -0.39 is 11.9 Å². The highest BCUT2D eigenvalue weighted by atomic mass is 28.1. The Hall–Kier alpha value is -0.643. The van der Waals surface area contributed by atoms with Gasteiger partial charge in [-0.15, -0.1) is 0 Å². The lowest BCUT2D eigenvalue weighted by molar-refractivity contribution is -0.151. The second-order valence-electron chi connectivity index (χ2n) is 1.35. The Bertz CT molecular complexity index is 106. The molecule has 46 valence electrons. The van der Waals surface area contributed by atoms with E-state index in [-0.39, 0.29) is 23.8 Å². The van der Waals surface area contributed by atoms with E-state index in [2.05, 4.69) is 4.74 Å². The Morgan fingerprint density at radius 1 is 1.12 bits per heavy atom. The van der Waals surface area contributed by atoms with Gasteiger partial charge in [0.15, 0.2) is 0 Å². The van der Waals surface area contributed by atoms with E-state index in [4.69, 9.17) is 0 Å². The molecule has 1 fully saturated rings. The third-order valence-electron chi connectivity index (χ3n) is 0.761. The lowest BCUT2D eigenvalue weighted by Crippen LogP contribution is -1.94. The largest absolute Gasteiger partial charge is 0.393 e. The van der Waals surface area contributed by atoms with Crippen molar-refractivity contribution in [1.82, 2.24) is 0 Å². The molecule has 0 bridgehead atoms. The number of rotatable bonds is 0. The number of esters is 2. The number of hydrogen-bond donors (Lipinski definition) is 0. The molecule has 0 N–H and O–H groups in total. The van der Waals surface area contributed by atoms with Gasteiger partial charge in [-0.25, -0.2) is 0 Å². The average Bonchev–Trinajstić information content (AvgIpc) is 1.87. The summed E-state index contributed by atoms with van der Waals surface area (Å²) in [5.74, 6) is -0.796. The van der Waals surface area contributed by atoms with E-state index in [9.17, 15) is 9.59 Å². The zero-order valence-electron chi connectivity index (χ0n) is 3.64. The van der Waals surface area contributed by atoms with Gasteiger partial charge in [-0.05, 0) is 11.0 Å². The van der Waals surface area contributed by atoms with Gasteiger partial charge in [-0.1, -0.05) is 0 Å². The molecule has 0 saturated carbocycles. The summed E-state index contributed by atoms with van der Waals surface area (Å²) in [7, 11) is 0. The lowest BCUT2D eigenvalue weighted by Gasteiger charge is -1.79. The highest BCUT2D eigenvalue weighted by Gasteiger charge is 2.19. The van der Waals surface area contributed by atoms with Gasteiger partial charge >= 0.3 is 11.9 Å². The van der Waals surface area contributed by atoms with Crippen LogP contribution < -0.4 is 0 Å². The number of ether oxygens (including phenoxy) is 1. The summed E-state index contributed by atoms with van der Waals surface area (Å²) in [5.41, 5.74) is 0. The number of hydrogen-bond acceptors (Lipinski definition) is 3. The number of cyclic esters (lactones) is 2. The van der Waals surface area contributed by atoms with Crippen LogP contribution in [-0.2, 0) is 14.3 Å². The fourth-order valence-electron chi connectivity index (χ4n) is 0.433. The summed E-state index contributed by atoms with van der Waals surface area (Å²) >= 11 is 0. The van der Waals surface area contributed by atoms with E-state index in [0.717, 1.165) is 0 Å². The van der Waals surface area contributed by atoms with Crippen LogP contribution in [0.5, 0.6) is 0 Å². The maximum atomic E-state index is 10.0. The Morgan fingerprint density at radius 2 is 1.50 bits per heavy atom. The van der Waals surface area contributed by atoms with Crippen LogP contribution in [0.15, 0.2) is 0 Å². The average molecular weight is 132 g/mol. The molecule has 0 atom stereocenters. The predicted octanol–water partition coefficient (Wildman–Crippen LogP) is -1.60. The van der Waals surface area contributed by atoms with Gasteiger partial charge < -0.3 is 4.74 Å². The van der Waals surface area contributed by atoms with Crippen molar-refractivity contribution in [2.24, 2.45) is 0 Å². The minimum absolute atomic E-state index is 0. The van der Waals surface area contributed by atoms with Crippen molar-refractivity contribution in [3.63, 3.8) is 0 Å². The molecule has 0 aliphatic carbocycles. The first-order chi connectivity index (χ1) is 3.29. The van der Waals surface area contributed by atoms with Crippen LogP contribution in [-0.4, -0.2) is 22.9 Å². The van der Waals surface area contributed by atoms with Gasteiger partial charge in [0.05, 0.1) is 12.8 Å². The van der Waals surface area contributed by atoms with Crippen molar-refractivity contribution < 1.29 is 14.3 Å². The molecule has 1 aliphatic heterocycles. The molecule has 4 heteroatoms. The van der Waals surface area contributed by atoms with Gasteiger partial charge in [-0.2, -0.15) is 0 Å². The number of carbonyl (C=O) groups excluding carboxylic acids is 2. The van der Waals surface area contributed by atoms with Crippen LogP contribution in [0, 0.1) is 0 Å². The molecule has 8 heavy (non-hydrogen) atoms. The van der Waals surface area contributed by atoms with E-state index in [0.29, 0.717) is 0 Å². The third kappa shape index (κ3) is 1.46. The smallest absolute Gasteiger partial charge is 0.314 e. The van der Waals surface area contributed by atoms with Crippen LogP contribution in [0.4, 0.5) is 0 Å². The lowest BCUT2D eigenvalue weighted by atomic mass is 10.4.